The third kappa shape index (κ3) is 3.73. The van der Waals surface area contributed by atoms with Gasteiger partial charge < -0.3 is 9.47 Å². The van der Waals surface area contributed by atoms with Gasteiger partial charge in [-0.3, -0.25) is 5.10 Å². The third-order valence-electron chi connectivity index (χ3n) is 2.92. The fourth-order valence-corrected chi connectivity index (χ4v) is 2.14. The third-order valence-corrected chi connectivity index (χ3v) is 3.19. The topological polar surface area (TPSA) is 64.4 Å². The fourth-order valence-electron chi connectivity index (χ4n) is 1.94. The smallest absolute Gasteiger partial charge is 0.216 e. The molecule has 1 aromatic carbocycles. The van der Waals surface area contributed by atoms with Crippen LogP contribution in [0.3, 0.4) is 0 Å². The molecular formula is C15H20N4O2S. The van der Waals surface area contributed by atoms with Crippen molar-refractivity contribution in [1.29, 1.82) is 0 Å². The lowest BCUT2D eigenvalue weighted by Crippen LogP contribution is -2.00. The zero-order chi connectivity index (χ0) is 15.9. The number of ether oxygens (including phenoxy) is 2. The first-order valence-corrected chi connectivity index (χ1v) is 7.70. The van der Waals surface area contributed by atoms with Crippen LogP contribution >= 0.6 is 12.2 Å². The van der Waals surface area contributed by atoms with E-state index in [0.29, 0.717) is 23.7 Å². The van der Waals surface area contributed by atoms with E-state index in [2.05, 4.69) is 15.3 Å². The Labute approximate surface area is 134 Å². The Morgan fingerprint density at radius 3 is 2.64 bits per heavy atom. The number of rotatable bonds is 7. The maximum Gasteiger partial charge on any atom is 0.216 e. The van der Waals surface area contributed by atoms with Crippen molar-refractivity contribution in [2.45, 2.75) is 27.2 Å². The van der Waals surface area contributed by atoms with Gasteiger partial charge in [-0.05, 0) is 49.8 Å². The molecule has 118 valence electrons. The standard InChI is InChI=1S/C15H20N4O2S/c1-4-14-17-18-15(22)19(14)16-10-11-7-8-12(20-5-2)13(9-11)21-6-3/h7-10H,4-6H2,1-3H3,(H,18,22)/b16-10-. The minimum Gasteiger partial charge on any atom is -0.490 e. The molecule has 0 amide bonds. The Morgan fingerprint density at radius 1 is 1.23 bits per heavy atom. The van der Waals surface area contributed by atoms with Crippen LogP contribution in [-0.4, -0.2) is 34.3 Å². The van der Waals surface area contributed by atoms with Crippen molar-refractivity contribution in [3.63, 3.8) is 0 Å². The SMILES string of the molecule is CCOc1ccc(/C=N\n2c(CC)n[nH]c2=S)cc1OCC. The summed E-state index contributed by atoms with van der Waals surface area (Å²) in [5, 5.41) is 11.2. The van der Waals surface area contributed by atoms with Crippen molar-refractivity contribution in [2.75, 3.05) is 13.2 Å². The van der Waals surface area contributed by atoms with Gasteiger partial charge in [-0.15, -0.1) is 0 Å². The van der Waals surface area contributed by atoms with Crippen LogP contribution in [0.15, 0.2) is 23.3 Å². The van der Waals surface area contributed by atoms with Crippen molar-refractivity contribution >= 4 is 18.4 Å². The summed E-state index contributed by atoms with van der Waals surface area (Å²) in [6.45, 7) is 7.05. The van der Waals surface area contributed by atoms with Crippen LogP contribution in [0.1, 0.15) is 32.2 Å². The molecule has 7 heteroatoms. The molecule has 0 radical (unpaired) electrons. The largest absolute Gasteiger partial charge is 0.490 e. The van der Waals surface area contributed by atoms with Crippen molar-refractivity contribution in [1.82, 2.24) is 14.9 Å². The highest BCUT2D eigenvalue weighted by Crippen LogP contribution is 2.28. The molecule has 0 saturated heterocycles. The normalized spacial score (nSPS) is 11.0. The summed E-state index contributed by atoms with van der Waals surface area (Å²) in [5.41, 5.74) is 0.900. The van der Waals surface area contributed by atoms with Crippen LogP contribution < -0.4 is 9.47 Å². The molecule has 0 aliphatic rings. The summed E-state index contributed by atoms with van der Waals surface area (Å²) in [6, 6.07) is 5.70. The second kappa shape index (κ2) is 7.74. The van der Waals surface area contributed by atoms with Crippen LogP contribution in [0.2, 0.25) is 0 Å². The molecule has 1 N–H and O–H groups in total. The second-order valence-electron chi connectivity index (χ2n) is 4.43. The van der Waals surface area contributed by atoms with Crippen LogP contribution in [0.4, 0.5) is 0 Å². The number of hydrogen-bond donors (Lipinski definition) is 1. The quantitative estimate of drug-likeness (QED) is 0.628. The summed E-state index contributed by atoms with van der Waals surface area (Å²) in [6.07, 6.45) is 2.47. The zero-order valence-corrected chi connectivity index (χ0v) is 13.8. The van der Waals surface area contributed by atoms with E-state index in [-0.39, 0.29) is 0 Å². The number of nitrogens with zero attached hydrogens (tertiary/aromatic N) is 3. The Hall–Kier alpha value is -2.15. The van der Waals surface area contributed by atoms with Crippen LogP contribution in [0.5, 0.6) is 11.5 Å². The number of benzene rings is 1. The molecule has 0 saturated carbocycles. The average Bonchev–Trinajstić information content (AvgIpc) is 2.88. The van der Waals surface area contributed by atoms with Crippen molar-refractivity contribution < 1.29 is 9.47 Å². The molecule has 2 rings (SSSR count). The summed E-state index contributed by atoms with van der Waals surface area (Å²) >= 11 is 5.16. The van der Waals surface area contributed by atoms with E-state index in [1.54, 1.807) is 10.9 Å². The van der Waals surface area contributed by atoms with Gasteiger partial charge in [0.15, 0.2) is 17.3 Å². The first kappa shape index (κ1) is 16.2. The number of nitrogens with one attached hydrogen (secondary N) is 1. The number of aromatic amines is 1. The molecule has 0 atom stereocenters. The molecule has 22 heavy (non-hydrogen) atoms. The minimum atomic E-state index is 0.476. The Balaban J connectivity index is 2.29. The number of hydrogen-bond acceptors (Lipinski definition) is 5. The molecule has 1 aromatic heterocycles. The van der Waals surface area contributed by atoms with Crippen molar-refractivity contribution in [2.24, 2.45) is 5.10 Å². The van der Waals surface area contributed by atoms with Gasteiger partial charge in [0.05, 0.1) is 19.4 Å². The first-order chi connectivity index (χ1) is 10.7. The Morgan fingerprint density at radius 2 is 1.95 bits per heavy atom. The molecule has 0 aliphatic carbocycles. The molecule has 0 spiro atoms. The van der Waals surface area contributed by atoms with Gasteiger partial charge in [-0.2, -0.15) is 14.9 Å². The maximum absolute atomic E-state index is 5.60. The van der Waals surface area contributed by atoms with Crippen LogP contribution in [0, 0.1) is 4.77 Å². The van der Waals surface area contributed by atoms with Crippen LogP contribution in [0.25, 0.3) is 0 Å². The van der Waals surface area contributed by atoms with Gasteiger partial charge in [-0.25, -0.2) is 0 Å². The molecule has 0 fully saturated rings. The molecule has 1 heterocycles. The van der Waals surface area contributed by atoms with E-state index >= 15 is 0 Å². The van der Waals surface area contributed by atoms with Gasteiger partial charge in [0.25, 0.3) is 0 Å². The monoisotopic (exact) mass is 320 g/mol. The fraction of sp³-hybridized carbons (Fsp3) is 0.400. The zero-order valence-electron chi connectivity index (χ0n) is 13.0. The van der Waals surface area contributed by atoms with E-state index in [4.69, 9.17) is 21.7 Å². The van der Waals surface area contributed by atoms with Crippen molar-refractivity contribution in [3.05, 3.63) is 34.4 Å². The predicted molar refractivity (Wildman–Crippen MR) is 88.6 cm³/mol. The van der Waals surface area contributed by atoms with E-state index in [9.17, 15) is 0 Å². The summed E-state index contributed by atoms with van der Waals surface area (Å²) in [5.74, 6) is 2.23. The summed E-state index contributed by atoms with van der Waals surface area (Å²) < 4.78 is 13.2. The van der Waals surface area contributed by atoms with E-state index in [0.717, 1.165) is 23.6 Å². The maximum atomic E-state index is 5.60. The Kier molecular flexibility index (Phi) is 5.71. The average molecular weight is 320 g/mol. The van der Waals surface area contributed by atoms with Gasteiger partial charge >= 0.3 is 0 Å². The lowest BCUT2D eigenvalue weighted by molar-refractivity contribution is 0.288. The molecule has 0 bridgehead atoms. The summed E-state index contributed by atoms with van der Waals surface area (Å²) in [7, 11) is 0. The number of aromatic nitrogens is 3. The number of H-pyrrole nitrogens is 1. The molecule has 2 aromatic rings. The highest BCUT2D eigenvalue weighted by atomic mass is 32.1. The minimum absolute atomic E-state index is 0.476. The van der Waals surface area contributed by atoms with Gasteiger partial charge in [0.2, 0.25) is 4.77 Å². The van der Waals surface area contributed by atoms with Crippen molar-refractivity contribution in [3.8, 4) is 11.5 Å². The highest BCUT2D eigenvalue weighted by Gasteiger charge is 2.06. The molecule has 6 nitrogen and oxygen atoms in total. The van der Waals surface area contributed by atoms with Gasteiger partial charge in [0.1, 0.15) is 0 Å². The van der Waals surface area contributed by atoms with Crippen LogP contribution in [-0.2, 0) is 6.42 Å². The van der Waals surface area contributed by atoms with Gasteiger partial charge in [-0.1, -0.05) is 6.92 Å². The predicted octanol–water partition coefficient (Wildman–Crippen LogP) is 3.18. The first-order valence-electron chi connectivity index (χ1n) is 7.29. The summed E-state index contributed by atoms with van der Waals surface area (Å²) in [4.78, 5) is 0. The van der Waals surface area contributed by atoms with E-state index in [1.807, 2.05) is 39.0 Å². The molecular weight excluding hydrogens is 300 g/mol. The lowest BCUT2D eigenvalue weighted by Gasteiger charge is -2.11. The molecule has 0 unspecified atom stereocenters. The highest BCUT2D eigenvalue weighted by molar-refractivity contribution is 7.71. The van der Waals surface area contributed by atoms with E-state index in [1.165, 1.54) is 0 Å². The Bertz CT molecular complexity index is 706. The number of aryl methyl sites for hydroxylation is 1. The lowest BCUT2D eigenvalue weighted by atomic mass is 10.2. The van der Waals surface area contributed by atoms with E-state index < -0.39 is 0 Å². The second-order valence-corrected chi connectivity index (χ2v) is 4.81. The van der Waals surface area contributed by atoms with Gasteiger partial charge in [0, 0.05) is 6.42 Å². The molecule has 0 aliphatic heterocycles.